The van der Waals surface area contributed by atoms with Gasteiger partial charge in [0.1, 0.15) is 5.75 Å². The molecule has 0 bridgehead atoms. The maximum absolute atomic E-state index is 10.8. The van der Waals surface area contributed by atoms with Crippen molar-refractivity contribution >= 4 is 0 Å². The van der Waals surface area contributed by atoms with Gasteiger partial charge in [-0.25, -0.2) is 0 Å². The molecule has 204 valence electrons. The van der Waals surface area contributed by atoms with E-state index < -0.39 is 0 Å². The molecule has 0 aliphatic heterocycles. The molecule has 0 fully saturated rings. The van der Waals surface area contributed by atoms with Gasteiger partial charge >= 0.3 is 0 Å². The predicted octanol–water partition coefficient (Wildman–Crippen LogP) is 11.7. The molecule has 0 amide bonds. The Morgan fingerprint density at radius 1 is 0.400 bits per heavy atom. The summed E-state index contributed by atoms with van der Waals surface area (Å²) in [6.45, 7) is 6.88. The lowest BCUT2D eigenvalue weighted by Gasteiger charge is -2.17. The lowest BCUT2D eigenvalue weighted by Crippen LogP contribution is -2.03. The van der Waals surface area contributed by atoms with Gasteiger partial charge in [0, 0.05) is 0 Å². The van der Waals surface area contributed by atoms with Crippen molar-refractivity contribution in [2.45, 2.75) is 181 Å². The lowest BCUT2D eigenvalue weighted by molar-refractivity contribution is 0.463. The number of aryl methyl sites for hydroxylation is 1. The highest BCUT2D eigenvalue weighted by Crippen LogP contribution is 2.30. The highest BCUT2D eigenvalue weighted by molar-refractivity contribution is 5.45. The fraction of sp³-hybridized carbons (Fsp3) is 0.824. The van der Waals surface area contributed by atoms with Crippen LogP contribution in [0.1, 0.15) is 179 Å². The summed E-state index contributed by atoms with van der Waals surface area (Å²) < 4.78 is 0. The average Bonchev–Trinajstić information content (AvgIpc) is 2.86. The molecule has 1 nitrogen and oxygen atoms in total. The van der Waals surface area contributed by atoms with Gasteiger partial charge in [0.15, 0.2) is 0 Å². The van der Waals surface area contributed by atoms with E-state index in [1.165, 1.54) is 171 Å². The molecule has 0 spiro atoms. The van der Waals surface area contributed by atoms with Crippen LogP contribution in [0.4, 0.5) is 0 Å². The van der Waals surface area contributed by atoms with Gasteiger partial charge in [0.2, 0.25) is 0 Å². The van der Waals surface area contributed by atoms with Crippen LogP contribution >= 0.6 is 0 Å². The summed E-state index contributed by atoms with van der Waals surface area (Å²) in [5.41, 5.74) is 4.35. The number of unbranched alkanes of at least 4 members (excludes halogenated alkanes) is 19. The topological polar surface area (TPSA) is 20.2 Å². The standard InChI is InChI=1S/C34H62O/c1-4-7-10-13-16-18-20-23-26-31-29-30-34(35)33(28-25-21-15-12-9-6-3)32(31)27-24-22-19-17-14-11-8-5-2/h29-30,35H,4-28H2,1-3H3. The SMILES string of the molecule is CCCCCCCCCCc1ccc(O)c(CCCCCCCC)c1CCCCCCCCCC. The van der Waals surface area contributed by atoms with Gasteiger partial charge < -0.3 is 5.11 Å². The molecule has 0 atom stereocenters. The van der Waals surface area contributed by atoms with E-state index in [-0.39, 0.29) is 0 Å². The third-order valence-corrected chi connectivity index (χ3v) is 7.86. The highest BCUT2D eigenvalue weighted by atomic mass is 16.3. The Balaban J connectivity index is 2.59. The van der Waals surface area contributed by atoms with Crippen molar-refractivity contribution in [2.75, 3.05) is 0 Å². The average molecular weight is 487 g/mol. The van der Waals surface area contributed by atoms with Crippen LogP contribution in [0.15, 0.2) is 12.1 Å². The van der Waals surface area contributed by atoms with Crippen LogP contribution in [0.3, 0.4) is 0 Å². The molecule has 35 heavy (non-hydrogen) atoms. The first-order valence-corrected chi connectivity index (χ1v) is 16.1. The zero-order valence-electron chi connectivity index (χ0n) is 24.3. The number of benzene rings is 1. The minimum absolute atomic E-state index is 0.563. The first kappa shape index (κ1) is 32.0. The fourth-order valence-corrected chi connectivity index (χ4v) is 5.52. The van der Waals surface area contributed by atoms with E-state index in [1.54, 1.807) is 0 Å². The Morgan fingerprint density at radius 3 is 1.17 bits per heavy atom. The van der Waals surface area contributed by atoms with Crippen molar-refractivity contribution in [3.05, 3.63) is 28.8 Å². The molecule has 0 saturated carbocycles. The lowest BCUT2D eigenvalue weighted by atomic mass is 9.89. The highest BCUT2D eigenvalue weighted by Gasteiger charge is 2.13. The van der Waals surface area contributed by atoms with Crippen LogP contribution in [-0.2, 0) is 19.3 Å². The minimum Gasteiger partial charge on any atom is -0.508 e. The number of rotatable bonds is 25. The van der Waals surface area contributed by atoms with Gasteiger partial charge in [0.25, 0.3) is 0 Å². The van der Waals surface area contributed by atoms with Crippen LogP contribution in [-0.4, -0.2) is 5.11 Å². The van der Waals surface area contributed by atoms with Crippen molar-refractivity contribution in [3.63, 3.8) is 0 Å². The number of aromatic hydroxyl groups is 1. The maximum atomic E-state index is 10.8. The van der Waals surface area contributed by atoms with Crippen molar-refractivity contribution in [2.24, 2.45) is 0 Å². The molecular weight excluding hydrogens is 424 g/mol. The molecule has 0 aliphatic carbocycles. The molecule has 1 rings (SSSR count). The maximum Gasteiger partial charge on any atom is 0.119 e. The summed E-state index contributed by atoms with van der Waals surface area (Å²) in [5.74, 6) is 0.563. The van der Waals surface area contributed by atoms with Gasteiger partial charge in [-0.15, -0.1) is 0 Å². The fourth-order valence-electron chi connectivity index (χ4n) is 5.52. The summed E-state index contributed by atoms with van der Waals surface area (Å²) in [4.78, 5) is 0. The molecule has 0 unspecified atom stereocenters. The number of hydrogen-bond donors (Lipinski definition) is 1. The Morgan fingerprint density at radius 2 is 0.743 bits per heavy atom. The molecule has 1 aromatic carbocycles. The summed E-state index contributed by atoms with van der Waals surface area (Å²) >= 11 is 0. The normalized spacial score (nSPS) is 11.4. The van der Waals surface area contributed by atoms with Crippen molar-refractivity contribution in [1.82, 2.24) is 0 Å². The predicted molar refractivity (Wildman–Crippen MR) is 158 cm³/mol. The van der Waals surface area contributed by atoms with Crippen LogP contribution in [0.25, 0.3) is 0 Å². The second kappa shape index (κ2) is 23.4. The Bertz CT molecular complexity index is 590. The smallest absolute Gasteiger partial charge is 0.119 e. The molecule has 0 saturated heterocycles. The Kier molecular flexibility index (Phi) is 21.4. The van der Waals surface area contributed by atoms with Gasteiger partial charge in [-0.2, -0.15) is 0 Å². The molecule has 1 N–H and O–H groups in total. The van der Waals surface area contributed by atoms with Crippen LogP contribution in [0.5, 0.6) is 5.75 Å². The molecule has 1 heteroatoms. The molecule has 0 aromatic heterocycles. The monoisotopic (exact) mass is 486 g/mol. The van der Waals surface area contributed by atoms with E-state index in [1.807, 2.05) is 6.07 Å². The molecule has 0 heterocycles. The largest absolute Gasteiger partial charge is 0.508 e. The second-order valence-corrected chi connectivity index (χ2v) is 11.2. The number of hydrogen-bond acceptors (Lipinski definition) is 1. The third-order valence-electron chi connectivity index (χ3n) is 7.86. The van der Waals surface area contributed by atoms with Gasteiger partial charge in [0.05, 0.1) is 0 Å². The zero-order chi connectivity index (χ0) is 25.4. The summed E-state index contributed by atoms with van der Waals surface area (Å²) in [5, 5.41) is 10.8. The van der Waals surface area contributed by atoms with Gasteiger partial charge in [-0.3, -0.25) is 0 Å². The first-order chi connectivity index (χ1) is 17.2. The van der Waals surface area contributed by atoms with Crippen molar-refractivity contribution in [1.29, 1.82) is 0 Å². The minimum atomic E-state index is 0.563. The zero-order valence-corrected chi connectivity index (χ0v) is 24.3. The number of phenolic OH excluding ortho intramolecular Hbond substituents is 1. The van der Waals surface area contributed by atoms with Crippen LogP contribution < -0.4 is 0 Å². The summed E-state index contributed by atoms with van der Waals surface area (Å²) in [7, 11) is 0. The summed E-state index contributed by atoms with van der Waals surface area (Å²) in [6.07, 6.45) is 33.3. The second-order valence-electron chi connectivity index (χ2n) is 11.2. The van der Waals surface area contributed by atoms with Crippen molar-refractivity contribution < 1.29 is 5.11 Å². The molecular formula is C34H62O. The molecule has 0 radical (unpaired) electrons. The molecule has 1 aromatic rings. The van der Waals surface area contributed by atoms with Crippen LogP contribution in [0.2, 0.25) is 0 Å². The van der Waals surface area contributed by atoms with Gasteiger partial charge in [-0.1, -0.05) is 149 Å². The van der Waals surface area contributed by atoms with Gasteiger partial charge in [-0.05, 0) is 61.3 Å². The number of phenols is 1. The molecule has 0 aliphatic rings. The van der Waals surface area contributed by atoms with E-state index in [4.69, 9.17) is 0 Å². The van der Waals surface area contributed by atoms with E-state index in [2.05, 4.69) is 26.8 Å². The Labute approximate surface area is 220 Å². The van der Waals surface area contributed by atoms with E-state index in [9.17, 15) is 5.11 Å². The summed E-state index contributed by atoms with van der Waals surface area (Å²) in [6, 6.07) is 4.26. The van der Waals surface area contributed by atoms with E-state index >= 15 is 0 Å². The Hall–Kier alpha value is -0.980. The van der Waals surface area contributed by atoms with E-state index in [0.29, 0.717) is 5.75 Å². The van der Waals surface area contributed by atoms with E-state index in [0.717, 1.165) is 6.42 Å². The third kappa shape index (κ3) is 16.4. The van der Waals surface area contributed by atoms with Crippen LogP contribution in [0, 0.1) is 0 Å². The first-order valence-electron chi connectivity index (χ1n) is 16.1. The van der Waals surface area contributed by atoms with Crippen molar-refractivity contribution in [3.8, 4) is 5.75 Å². The quantitative estimate of drug-likeness (QED) is 0.136.